The standard InChI is InChI=1S/C18H15N.C8H8/c1-4-10-16(11-5-1)19(17-12-6-2-7-13-17)18-14-8-3-9-15-18;1-2-8-6-4-3-5-7-8/h1-15H;2-7H,1H2. The second-order valence-electron chi connectivity index (χ2n) is 5.96. The summed E-state index contributed by atoms with van der Waals surface area (Å²) in [5.41, 5.74) is 4.67. The Bertz CT molecular complexity index is 823. The summed E-state index contributed by atoms with van der Waals surface area (Å²) in [5.74, 6) is 0. The third-order valence-corrected chi connectivity index (χ3v) is 4.08. The van der Waals surface area contributed by atoms with E-state index < -0.39 is 0 Å². The van der Waals surface area contributed by atoms with Crippen LogP contribution in [0.15, 0.2) is 128 Å². The van der Waals surface area contributed by atoms with E-state index in [2.05, 4.69) is 84.3 Å². The van der Waals surface area contributed by atoms with Crippen molar-refractivity contribution in [3.63, 3.8) is 0 Å². The van der Waals surface area contributed by atoms with Crippen LogP contribution in [0.25, 0.3) is 6.08 Å². The molecule has 0 bridgehead atoms. The van der Waals surface area contributed by atoms with Gasteiger partial charge in [0.1, 0.15) is 0 Å². The molecule has 0 fully saturated rings. The average Bonchev–Trinajstić information content (AvgIpc) is 2.77. The Balaban J connectivity index is 0.000000221. The molecule has 4 aromatic carbocycles. The zero-order valence-corrected chi connectivity index (χ0v) is 15.3. The lowest BCUT2D eigenvalue weighted by Crippen LogP contribution is -2.09. The highest BCUT2D eigenvalue weighted by atomic mass is 15.1. The highest BCUT2D eigenvalue weighted by Crippen LogP contribution is 2.33. The van der Waals surface area contributed by atoms with E-state index in [9.17, 15) is 0 Å². The molecular formula is C26H23N. The number of anilines is 3. The van der Waals surface area contributed by atoms with Crippen LogP contribution in [0.1, 0.15) is 5.56 Å². The van der Waals surface area contributed by atoms with Gasteiger partial charge in [-0.05, 0) is 42.0 Å². The first-order valence-corrected chi connectivity index (χ1v) is 9.01. The van der Waals surface area contributed by atoms with Gasteiger partial charge in [0, 0.05) is 17.1 Å². The minimum Gasteiger partial charge on any atom is -0.311 e. The van der Waals surface area contributed by atoms with Gasteiger partial charge in [-0.15, -0.1) is 0 Å². The normalized spacial score (nSPS) is 9.63. The van der Waals surface area contributed by atoms with E-state index in [4.69, 9.17) is 0 Å². The summed E-state index contributed by atoms with van der Waals surface area (Å²) in [5, 5.41) is 0. The molecule has 27 heavy (non-hydrogen) atoms. The maximum absolute atomic E-state index is 3.63. The number of benzene rings is 4. The van der Waals surface area contributed by atoms with Crippen LogP contribution in [0, 0.1) is 0 Å². The Morgan fingerprint density at radius 3 is 1.00 bits per heavy atom. The van der Waals surface area contributed by atoms with E-state index in [0.29, 0.717) is 0 Å². The second kappa shape index (κ2) is 9.79. The van der Waals surface area contributed by atoms with Crippen LogP contribution in [-0.2, 0) is 0 Å². The summed E-state index contributed by atoms with van der Waals surface area (Å²) in [6.07, 6.45) is 1.83. The maximum Gasteiger partial charge on any atom is 0.0461 e. The molecule has 0 spiro atoms. The fourth-order valence-corrected chi connectivity index (χ4v) is 2.77. The lowest BCUT2D eigenvalue weighted by Gasteiger charge is -2.25. The summed E-state index contributed by atoms with van der Waals surface area (Å²) >= 11 is 0. The van der Waals surface area contributed by atoms with Crippen LogP contribution in [-0.4, -0.2) is 0 Å². The molecule has 0 aliphatic carbocycles. The third-order valence-electron chi connectivity index (χ3n) is 4.08. The molecule has 132 valence electrons. The van der Waals surface area contributed by atoms with Gasteiger partial charge < -0.3 is 4.90 Å². The van der Waals surface area contributed by atoms with Crippen LogP contribution in [0.5, 0.6) is 0 Å². The minimum atomic E-state index is 1.17. The lowest BCUT2D eigenvalue weighted by atomic mass is 10.2. The Labute approximate surface area is 161 Å². The van der Waals surface area contributed by atoms with E-state index in [-0.39, 0.29) is 0 Å². The molecule has 0 heterocycles. The summed E-state index contributed by atoms with van der Waals surface area (Å²) in [6.45, 7) is 3.63. The highest BCUT2D eigenvalue weighted by Gasteiger charge is 2.10. The molecule has 1 heteroatoms. The highest BCUT2D eigenvalue weighted by molar-refractivity contribution is 5.76. The van der Waals surface area contributed by atoms with Gasteiger partial charge in [-0.3, -0.25) is 0 Å². The summed E-state index contributed by atoms with van der Waals surface area (Å²) in [4.78, 5) is 2.25. The Morgan fingerprint density at radius 1 is 0.444 bits per heavy atom. The van der Waals surface area contributed by atoms with Gasteiger partial charge in [0.2, 0.25) is 0 Å². The minimum absolute atomic E-state index is 1.17. The lowest BCUT2D eigenvalue weighted by molar-refractivity contribution is 1.28. The van der Waals surface area contributed by atoms with Gasteiger partial charge in [-0.2, -0.15) is 0 Å². The molecule has 0 saturated carbocycles. The number of para-hydroxylation sites is 3. The average molecular weight is 349 g/mol. The van der Waals surface area contributed by atoms with Crippen molar-refractivity contribution in [1.29, 1.82) is 0 Å². The fraction of sp³-hybridized carbons (Fsp3) is 0. The Morgan fingerprint density at radius 2 is 0.741 bits per heavy atom. The van der Waals surface area contributed by atoms with Crippen molar-refractivity contribution >= 4 is 23.1 Å². The summed E-state index contributed by atoms with van der Waals surface area (Å²) in [6, 6.07) is 41.3. The van der Waals surface area contributed by atoms with Crippen molar-refractivity contribution in [3.8, 4) is 0 Å². The predicted octanol–water partition coefficient (Wildman–Crippen LogP) is 7.49. The van der Waals surface area contributed by atoms with Crippen LogP contribution in [0.2, 0.25) is 0 Å². The van der Waals surface area contributed by atoms with E-state index in [0.717, 1.165) is 0 Å². The van der Waals surface area contributed by atoms with Crippen molar-refractivity contribution in [1.82, 2.24) is 0 Å². The van der Waals surface area contributed by atoms with E-state index in [1.165, 1.54) is 22.6 Å². The number of hydrogen-bond acceptors (Lipinski definition) is 1. The first-order chi connectivity index (χ1) is 13.4. The molecule has 4 aromatic rings. The van der Waals surface area contributed by atoms with Crippen LogP contribution >= 0.6 is 0 Å². The molecule has 4 rings (SSSR count). The first kappa shape index (κ1) is 18.2. The number of nitrogens with zero attached hydrogens (tertiary/aromatic N) is 1. The SMILES string of the molecule is C=Cc1ccccc1.c1ccc(N(c2ccccc2)c2ccccc2)cc1. The molecule has 1 nitrogen and oxygen atoms in total. The van der Waals surface area contributed by atoms with Crippen LogP contribution in [0.3, 0.4) is 0 Å². The van der Waals surface area contributed by atoms with Crippen molar-refractivity contribution in [2.45, 2.75) is 0 Å². The van der Waals surface area contributed by atoms with Gasteiger partial charge >= 0.3 is 0 Å². The van der Waals surface area contributed by atoms with Crippen molar-refractivity contribution < 1.29 is 0 Å². The summed E-state index contributed by atoms with van der Waals surface area (Å²) < 4.78 is 0. The van der Waals surface area contributed by atoms with Gasteiger partial charge in [0.05, 0.1) is 0 Å². The van der Waals surface area contributed by atoms with Gasteiger partial charge in [0.25, 0.3) is 0 Å². The summed E-state index contributed by atoms with van der Waals surface area (Å²) in [7, 11) is 0. The van der Waals surface area contributed by atoms with Crippen LogP contribution < -0.4 is 4.90 Å². The molecule has 0 atom stereocenters. The predicted molar refractivity (Wildman–Crippen MR) is 118 cm³/mol. The molecule has 0 aliphatic heterocycles. The smallest absolute Gasteiger partial charge is 0.0461 e. The monoisotopic (exact) mass is 349 g/mol. The maximum atomic E-state index is 3.63. The molecule has 0 saturated heterocycles. The molecule has 0 aliphatic rings. The Kier molecular flexibility index (Phi) is 6.60. The van der Waals surface area contributed by atoms with Crippen molar-refractivity contribution in [3.05, 3.63) is 133 Å². The molecule has 0 radical (unpaired) electrons. The van der Waals surface area contributed by atoms with E-state index >= 15 is 0 Å². The van der Waals surface area contributed by atoms with Gasteiger partial charge in [-0.25, -0.2) is 0 Å². The fourth-order valence-electron chi connectivity index (χ4n) is 2.77. The number of rotatable bonds is 4. The largest absolute Gasteiger partial charge is 0.311 e. The third kappa shape index (κ3) is 5.20. The topological polar surface area (TPSA) is 3.24 Å². The number of hydrogen-bond donors (Lipinski definition) is 0. The molecule has 0 N–H and O–H groups in total. The second-order valence-corrected chi connectivity index (χ2v) is 5.96. The molecule has 0 aromatic heterocycles. The van der Waals surface area contributed by atoms with Gasteiger partial charge in [-0.1, -0.05) is 97.6 Å². The van der Waals surface area contributed by atoms with E-state index in [1.807, 2.05) is 54.6 Å². The van der Waals surface area contributed by atoms with Gasteiger partial charge in [0.15, 0.2) is 0 Å². The molecular weight excluding hydrogens is 326 g/mol. The molecule has 0 unspecified atom stereocenters. The Hall–Kier alpha value is -3.58. The van der Waals surface area contributed by atoms with Crippen molar-refractivity contribution in [2.75, 3.05) is 4.90 Å². The quantitative estimate of drug-likeness (QED) is 0.369. The van der Waals surface area contributed by atoms with Crippen LogP contribution in [0.4, 0.5) is 17.1 Å². The van der Waals surface area contributed by atoms with Crippen molar-refractivity contribution in [2.24, 2.45) is 0 Å². The molecule has 0 amide bonds. The van der Waals surface area contributed by atoms with E-state index in [1.54, 1.807) is 0 Å². The first-order valence-electron chi connectivity index (χ1n) is 9.01. The zero-order chi connectivity index (χ0) is 18.7. The zero-order valence-electron chi connectivity index (χ0n) is 15.3.